The Hall–Kier alpha value is -1.55. The van der Waals surface area contributed by atoms with Gasteiger partial charge in [0.25, 0.3) is 0 Å². The summed E-state index contributed by atoms with van der Waals surface area (Å²) in [7, 11) is 1.44. The van der Waals surface area contributed by atoms with Crippen LogP contribution in [0.15, 0.2) is 12.1 Å². The SMILES string of the molecule is COc1cc(CN)c(C=O)cc1O. The van der Waals surface area contributed by atoms with Gasteiger partial charge in [-0.25, -0.2) is 0 Å². The number of hydrogen-bond acceptors (Lipinski definition) is 4. The molecule has 0 fully saturated rings. The van der Waals surface area contributed by atoms with Gasteiger partial charge in [0.1, 0.15) is 0 Å². The van der Waals surface area contributed by atoms with Crippen molar-refractivity contribution in [3.05, 3.63) is 23.3 Å². The van der Waals surface area contributed by atoms with Gasteiger partial charge in [-0.15, -0.1) is 0 Å². The number of benzene rings is 1. The second-order valence-electron chi connectivity index (χ2n) is 2.54. The van der Waals surface area contributed by atoms with Crippen molar-refractivity contribution in [3.63, 3.8) is 0 Å². The normalized spacial score (nSPS) is 9.69. The fourth-order valence-electron chi connectivity index (χ4n) is 1.08. The van der Waals surface area contributed by atoms with E-state index in [2.05, 4.69) is 0 Å². The third-order valence-corrected chi connectivity index (χ3v) is 1.79. The van der Waals surface area contributed by atoms with Crippen LogP contribution in [0.4, 0.5) is 0 Å². The summed E-state index contributed by atoms with van der Waals surface area (Å²) in [5.74, 6) is 0.271. The molecule has 0 aliphatic heterocycles. The maximum absolute atomic E-state index is 10.5. The molecule has 70 valence electrons. The lowest BCUT2D eigenvalue weighted by Gasteiger charge is -2.07. The molecule has 0 saturated heterocycles. The van der Waals surface area contributed by atoms with Crippen molar-refractivity contribution in [2.45, 2.75) is 6.54 Å². The van der Waals surface area contributed by atoms with Crippen LogP contribution in [0.25, 0.3) is 0 Å². The Bertz CT molecular complexity index is 323. The fraction of sp³-hybridized carbons (Fsp3) is 0.222. The van der Waals surface area contributed by atoms with Crippen LogP contribution < -0.4 is 10.5 Å². The van der Waals surface area contributed by atoms with Crippen LogP contribution in [-0.4, -0.2) is 18.5 Å². The van der Waals surface area contributed by atoms with Crippen LogP contribution in [0, 0.1) is 0 Å². The number of nitrogens with two attached hydrogens (primary N) is 1. The molecule has 0 aliphatic carbocycles. The molecule has 0 bridgehead atoms. The first-order valence-electron chi connectivity index (χ1n) is 3.78. The van der Waals surface area contributed by atoms with Crippen LogP contribution in [0.5, 0.6) is 11.5 Å². The molecule has 0 heterocycles. The van der Waals surface area contributed by atoms with Gasteiger partial charge in [-0.2, -0.15) is 0 Å². The molecule has 0 spiro atoms. The predicted molar refractivity (Wildman–Crippen MR) is 47.9 cm³/mol. The van der Waals surface area contributed by atoms with Crippen molar-refractivity contribution in [2.75, 3.05) is 7.11 Å². The smallest absolute Gasteiger partial charge is 0.160 e. The van der Waals surface area contributed by atoms with E-state index in [0.717, 1.165) is 0 Å². The van der Waals surface area contributed by atoms with Gasteiger partial charge >= 0.3 is 0 Å². The number of phenols is 1. The molecule has 1 aromatic carbocycles. The molecule has 0 aliphatic rings. The Kier molecular flexibility index (Phi) is 2.87. The topological polar surface area (TPSA) is 72.5 Å². The third kappa shape index (κ3) is 1.78. The fourth-order valence-corrected chi connectivity index (χ4v) is 1.08. The van der Waals surface area contributed by atoms with Crippen LogP contribution in [0.3, 0.4) is 0 Å². The lowest BCUT2D eigenvalue weighted by atomic mass is 10.1. The molecule has 0 aromatic heterocycles. The Balaban J connectivity index is 3.26. The molecular weight excluding hydrogens is 170 g/mol. The highest BCUT2D eigenvalue weighted by Crippen LogP contribution is 2.28. The van der Waals surface area contributed by atoms with Crippen molar-refractivity contribution in [3.8, 4) is 11.5 Å². The molecule has 13 heavy (non-hydrogen) atoms. The monoisotopic (exact) mass is 181 g/mol. The summed E-state index contributed by atoms with van der Waals surface area (Å²) in [4.78, 5) is 10.5. The quantitative estimate of drug-likeness (QED) is 0.672. The van der Waals surface area contributed by atoms with Crippen molar-refractivity contribution in [2.24, 2.45) is 5.73 Å². The van der Waals surface area contributed by atoms with Gasteiger partial charge in [-0.05, 0) is 17.7 Å². The zero-order chi connectivity index (χ0) is 9.84. The van der Waals surface area contributed by atoms with Crippen LogP contribution in [0.2, 0.25) is 0 Å². The summed E-state index contributed by atoms with van der Waals surface area (Å²) < 4.78 is 4.87. The Labute approximate surface area is 75.9 Å². The Morgan fingerprint density at radius 1 is 1.62 bits per heavy atom. The number of carbonyl (C=O) groups excluding carboxylic acids is 1. The third-order valence-electron chi connectivity index (χ3n) is 1.79. The average Bonchev–Trinajstić information content (AvgIpc) is 2.17. The number of methoxy groups -OCH3 is 1. The average molecular weight is 181 g/mol. The molecule has 0 amide bonds. The highest BCUT2D eigenvalue weighted by molar-refractivity contribution is 5.79. The summed E-state index contributed by atoms with van der Waals surface area (Å²) in [5, 5.41) is 9.32. The summed E-state index contributed by atoms with van der Waals surface area (Å²) in [5.41, 5.74) is 6.45. The zero-order valence-electron chi connectivity index (χ0n) is 7.28. The predicted octanol–water partition coefficient (Wildman–Crippen LogP) is 0.672. The second kappa shape index (κ2) is 3.91. The van der Waals surface area contributed by atoms with E-state index in [1.807, 2.05) is 0 Å². The van der Waals surface area contributed by atoms with Crippen LogP contribution >= 0.6 is 0 Å². The standard InChI is InChI=1S/C9H11NO3/c1-13-9-3-6(4-10)7(5-11)2-8(9)12/h2-3,5,12H,4,10H2,1H3. The highest BCUT2D eigenvalue weighted by atomic mass is 16.5. The second-order valence-corrected chi connectivity index (χ2v) is 2.54. The maximum Gasteiger partial charge on any atom is 0.160 e. The minimum atomic E-state index is -0.0539. The minimum absolute atomic E-state index is 0.0539. The van der Waals surface area contributed by atoms with Crippen molar-refractivity contribution < 1.29 is 14.6 Å². The summed E-state index contributed by atoms with van der Waals surface area (Å²) in [6.07, 6.45) is 0.654. The number of phenolic OH excluding ortho intramolecular Hbond substituents is 1. The zero-order valence-corrected chi connectivity index (χ0v) is 7.28. The Morgan fingerprint density at radius 2 is 2.31 bits per heavy atom. The van der Waals surface area contributed by atoms with Gasteiger partial charge < -0.3 is 15.6 Å². The van der Waals surface area contributed by atoms with E-state index in [1.54, 1.807) is 6.07 Å². The molecule has 1 aromatic rings. The highest BCUT2D eigenvalue weighted by Gasteiger charge is 2.07. The number of hydrogen-bond donors (Lipinski definition) is 2. The van der Waals surface area contributed by atoms with Gasteiger partial charge in [0.05, 0.1) is 7.11 Å². The van der Waals surface area contributed by atoms with Crippen molar-refractivity contribution in [1.82, 2.24) is 0 Å². The van der Waals surface area contributed by atoms with Gasteiger partial charge in [0, 0.05) is 12.1 Å². The van der Waals surface area contributed by atoms with E-state index in [0.29, 0.717) is 23.2 Å². The molecule has 3 N–H and O–H groups in total. The first-order valence-corrected chi connectivity index (χ1v) is 3.78. The number of ether oxygens (including phenoxy) is 1. The van der Waals surface area contributed by atoms with E-state index in [-0.39, 0.29) is 12.3 Å². The first-order chi connectivity index (χ1) is 6.22. The number of aldehydes is 1. The number of rotatable bonds is 3. The van der Waals surface area contributed by atoms with E-state index in [4.69, 9.17) is 10.5 Å². The van der Waals surface area contributed by atoms with Gasteiger partial charge in [-0.1, -0.05) is 0 Å². The van der Waals surface area contributed by atoms with Gasteiger partial charge in [0.15, 0.2) is 17.8 Å². The van der Waals surface area contributed by atoms with Crippen molar-refractivity contribution >= 4 is 6.29 Å². The summed E-state index contributed by atoms with van der Waals surface area (Å²) >= 11 is 0. The molecule has 4 heteroatoms. The molecule has 0 saturated carbocycles. The van der Waals surface area contributed by atoms with Crippen molar-refractivity contribution in [1.29, 1.82) is 0 Å². The molecule has 0 radical (unpaired) electrons. The number of carbonyl (C=O) groups is 1. The van der Waals surface area contributed by atoms with E-state index in [1.165, 1.54) is 13.2 Å². The van der Waals surface area contributed by atoms with E-state index < -0.39 is 0 Å². The van der Waals surface area contributed by atoms with E-state index in [9.17, 15) is 9.90 Å². The lowest BCUT2D eigenvalue weighted by Crippen LogP contribution is -2.01. The number of aromatic hydroxyl groups is 1. The lowest BCUT2D eigenvalue weighted by molar-refractivity contribution is 0.112. The maximum atomic E-state index is 10.5. The summed E-state index contributed by atoms with van der Waals surface area (Å²) in [6, 6.07) is 2.90. The minimum Gasteiger partial charge on any atom is -0.504 e. The first kappa shape index (κ1) is 9.54. The summed E-state index contributed by atoms with van der Waals surface area (Å²) in [6.45, 7) is 0.241. The Morgan fingerprint density at radius 3 is 2.77 bits per heavy atom. The molecular formula is C9H11NO3. The van der Waals surface area contributed by atoms with Crippen LogP contribution in [0.1, 0.15) is 15.9 Å². The molecule has 1 rings (SSSR count). The largest absolute Gasteiger partial charge is 0.504 e. The molecule has 0 atom stereocenters. The molecule has 4 nitrogen and oxygen atoms in total. The van der Waals surface area contributed by atoms with Gasteiger partial charge in [0.2, 0.25) is 0 Å². The van der Waals surface area contributed by atoms with Gasteiger partial charge in [-0.3, -0.25) is 4.79 Å². The molecule has 0 unspecified atom stereocenters. The van der Waals surface area contributed by atoms with Crippen LogP contribution in [-0.2, 0) is 6.54 Å². The van der Waals surface area contributed by atoms with E-state index >= 15 is 0 Å².